The van der Waals surface area contributed by atoms with Crippen molar-refractivity contribution in [2.75, 3.05) is 5.32 Å². The third-order valence-electron chi connectivity index (χ3n) is 4.13. The molecule has 0 atom stereocenters. The molecule has 1 amide bonds. The number of hydrogen-bond donors (Lipinski definition) is 1. The second-order valence-corrected chi connectivity index (χ2v) is 7.27. The fraction of sp³-hybridized carbons (Fsp3) is 0.158. The SMILES string of the molecule is Cc1nc2ccc(NC(=O)c3nnn(Cc4ccccc4)c3C)cc2s1. The predicted molar refractivity (Wildman–Crippen MR) is 103 cm³/mol. The third kappa shape index (κ3) is 3.21. The number of aryl methyl sites for hydroxylation is 1. The standard InChI is InChI=1S/C19H17N5OS/c1-12-18(22-23-24(12)11-14-6-4-3-5-7-14)19(25)21-15-8-9-16-17(10-15)26-13(2)20-16/h3-10H,11H2,1-2H3,(H,21,25). The Hall–Kier alpha value is -3.06. The van der Waals surface area contributed by atoms with E-state index in [1.165, 1.54) is 0 Å². The van der Waals surface area contributed by atoms with Gasteiger partial charge in [-0.05, 0) is 37.6 Å². The monoisotopic (exact) mass is 363 g/mol. The topological polar surface area (TPSA) is 72.7 Å². The summed E-state index contributed by atoms with van der Waals surface area (Å²) in [5.41, 5.74) is 3.85. The minimum atomic E-state index is -0.262. The number of nitrogens with one attached hydrogen (secondary N) is 1. The summed E-state index contributed by atoms with van der Waals surface area (Å²) >= 11 is 1.60. The Bertz CT molecular complexity index is 1080. The van der Waals surface area contributed by atoms with Crippen LogP contribution in [0.25, 0.3) is 10.2 Å². The number of carbonyl (C=O) groups excluding carboxylic acids is 1. The predicted octanol–water partition coefficient (Wildman–Crippen LogP) is 3.81. The van der Waals surface area contributed by atoms with Crippen molar-refractivity contribution in [1.29, 1.82) is 0 Å². The van der Waals surface area contributed by atoms with Crippen molar-refractivity contribution < 1.29 is 4.79 Å². The van der Waals surface area contributed by atoms with E-state index in [2.05, 4.69) is 20.6 Å². The lowest BCUT2D eigenvalue weighted by Gasteiger charge is -2.05. The summed E-state index contributed by atoms with van der Waals surface area (Å²) in [6.07, 6.45) is 0. The van der Waals surface area contributed by atoms with Crippen molar-refractivity contribution in [1.82, 2.24) is 20.0 Å². The zero-order valence-corrected chi connectivity index (χ0v) is 15.2. The molecule has 0 fully saturated rings. The van der Waals surface area contributed by atoms with Gasteiger partial charge < -0.3 is 5.32 Å². The highest BCUT2D eigenvalue weighted by atomic mass is 32.1. The smallest absolute Gasteiger partial charge is 0.278 e. The first kappa shape index (κ1) is 16.4. The van der Waals surface area contributed by atoms with E-state index in [1.807, 2.05) is 62.4 Å². The maximum Gasteiger partial charge on any atom is 0.278 e. The lowest BCUT2D eigenvalue weighted by Crippen LogP contribution is -2.14. The number of hydrogen-bond acceptors (Lipinski definition) is 5. The number of aromatic nitrogens is 4. The van der Waals surface area contributed by atoms with Gasteiger partial charge >= 0.3 is 0 Å². The van der Waals surface area contributed by atoms with Gasteiger partial charge in [0.25, 0.3) is 5.91 Å². The van der Waals surface area contributed by atoms with Crippen LogP contribution in [0.3, 0.4) is 0 Å². The third-order valence-corrected chi connectivity index (χ3v) is 5.06. The minimum Gasteiger partial charge on any atom is -0.320 e. The second-order valence-electron chi connectivity index (χ2n) is 6.04. The molecule has 1 N–H and O–H groups in total. The van der Waals surface area contributed by atoms with Gasteiger partial charge in [-0.3, -0.25) is 4.79 Å². The first-order chi connectivity index (χ1) is 12.6. The number of anilines is 1. The molecule has 130 valence electrons. The molecule has 0 radical (unpaired) electrons. The minimum absolute atomic E-state index is 0.262. The first-order valence-corrected chi connectivity index (χ1v) is 9.04. The van der Waals surface area contributed by atoms with E-state index in [0.717, 1.165) is 32.2 Å². The van der Waals surface area contributed by atoms with Crippen molar-refractivity contribution in [2.45, 2.75) is 20.4 Å². The molecule has 4 rings (SSSR count). The van der Waals surface area contributed by atoms with E-state index in [9.17, 15) is 4.79 Å². The molecule has 7 heteroatoms. The Morgan fingerprint density at radius 3 is 2.77 bits per heavy atom. The number of nitrogens with zero attached hydrogens (tertiary/aromatic N) is 4. The van der Waals surface area contributed by atoms with Crippen LogP contribution in [0.5, 0.6) is 0 Å². The Kier molecular flexibility index (Phi) is 4.22. The number of carbonyl (C=O) groups is 1. The van der Waals surface area contributed by atoms with Crippen LogP contribution in [0.2, 0.25) is 0 Å². The zero-order chi connectivity index (χ0) is 18.1. The molecule has 26 heavy (non-hydrogen) atoms. The molecule has 0 saturated carbocycles. The van der Waals surface area contributed by atoms with Crippen LogP contribution < -0.4 is 5.32 Å². The van der Waals surface area contributed by atoms with E-state index in [0.29, 0.717) is 12.2 Å². The van der Waals surface area contributed by atoms with Crippen LogP contribution in [0, 0.1) is 13.8 Å². The summed E-state index contributed by atoms with van der Waals surface area (Å²) in [4.78, 5) is 17.0. The van der Waals surface area contributed by atoms with Crippen molar-refractivity contribution in [2.24, 2.45) is 0 Å². The van der Waals surface area contributed by atoms with Crippen LogP contribution in [0.1, 0.15) is 26.8 Å². The molecule has 2 aromatic heterocycles. The molecule has 4 aromatic rings. The second kappa shape index (κ2) is 6.68. The largest absolute Gasteiger partial charge is 0.320 e. The maximum atomic E-state index is 12.6. The Balaban J connectivity index is 1.54. The van der Waals surface area contributed by atoms with Crippen molar-refractivity contribution >= 4 is 33.1 Å². The van der Waals surface area contributed by atoms with E-state index >= 15 is 0 Å². The van der Waals surface area contributed by atoms with Crippen LogP contribution >= 0.6 is 11.3 Å². The molecular weight excluding hydrogens is 346 g/mol. The molecule has 2 heterocycles. The van der Waals surface area contributed by atoms with Gasteiger partial charge in [0.1, 0.15) is 0 Å². The first-order valence-electron chi connectivity index (χ1n) is 8.23. The number of benzene rings is 2. The summed E-state index contributed by atoms with van der Waals surface area (Å²) in [5, 5.41) is 12.1. The molecule has 0 unspecified atom stereocenters. The van der Waals surface area contributed by atoms with E-state index in [4.69, 9.17) is 0 Å². The van der Waals surface area contributed by atoms with Crippen molar-refractivity contribution in [3.63, 3.8) is 0 Å². The maximum absolute atomic E-state index is 12.6. The van der Waals surface area contributed by atoms with Crippen LogP contribution in [0.4, 0.5) is 5.69 Å². The number of rotatable bonds is 4. The highest BCUT2D eigenvalue weighted by Gasteiger charge is 2.17. The average molecular weight is 363 g/mol. The lowest BCUT2D eigenvalue weighted by atomic mass is 10.2. The summed E-state index contributed by atoms with van der Waals surface area (Å²) in [5.74, 6) is -0.262. The normalized spacial score (nSPS) is 11.0. The molecule has 6 nitrogen and oxygen atoms in total. The lowest BCUT2D eigenvalue weighted by molar-refractivity contribution is 0.102. The van der Waals surface area contributed by atoms with Gasteiger partial charge in [0.05, 0.1) is 27.5 Å². The molecular formula is C19H17N5OS. The van der Waals surface area contributed by atoms with Gasteiger partial charge in [-0.1, -0.05) is 35.5 Å². The average Bonchev–Trinajstić information content (AvgIpc) is 3.17. The zero-order valence-electron chi connectivity index (χ0n) is 14.4. The summed E-state index contributed by atoms with van der Waals surface area (Å²) in [6, 6.07) is 15.7. The van der Waals surface area contributed by atoms with Crippen LogP contribution in [-0.2, 0) is 6.54 Å². The fourth-order valence-corrected chi connectivity index (χ4v) is 3.65. The van der Waals surface area contributed by atoms with Gasteiger partial charge in [-0.2, -0.15) is 0 Å². The van der Waals surface area contributed by atoms with Crippen molar-refractivity contribution in [3.8, 4) is 0 Å². The summed E-state index contributed by atoms with van der Waals surface area (Å²) in [6.45, 7) is 4.41. The van der Waals surface area contributed by atoms with Gasteiger partial charge in [0, 0.05) is 5.69 Å². The van der Waals surface area contributed by atoms with Gasteiger partial charge in [-0.15, -0.1) is 16.4 Å². The highest BCUT2D eigenvalue weighted by Crippen LogP contribution is 2.25. The molecule has 0 bridgehead atoms. The fourth-order valence-electron chi connectivity index (χ4n) is 2.78. The van der Waals surface area contributed by atoms with Gasteiger partial charge in [0.15, 0.2) is 5.69 Å². The van der Waals surface area contributed by atoms with Gasteiger partial charge in [0.2, 0.25) is 0 Å². The molecule has 0 aliphatic rings. The molecule has 0 spiro atoms. The number of amides is 1. The molecule has 2 aromatic carbocycles. The van der Waals surface area contributed by atoms with Crippen LogP contribution in [0.15, 0.2) is 48.5 Å². The van der Waals surface area contributed by atoms with Crippen LogP contribution in [-0.4, -0.2) is 25.9 Å². The molecule has 0 aliphatic carbocycles. The summed E-state index contributed by atoms with van der Waals surface area (Å²) < 4.78 is 2.78. The Morgan fingerprint density at radius 2 is 1.96 bits per heavy atom. The quantitative estimate of drug-likeness (QED) is 0.598. The van der Waals surface area contributed by atoms with Gasteiger partial charge in [-0.25, -0.2) is 9.67 Å². The number of thiazole rings is 1. The summed E-state index contributed by atoms with van der Waals surface area (Å²) in [7, 11) is 0. The highest BCUT2D eigenvalue weighted by molar-refractivity contribution is 7.18. The molecule has 0 aliphatic heterocycles. The Labute approximate surface area is 154 Å². The Morgan fingerprint density at radius 1 is 1.15 bits per heavy atom. The van der Waals surface area contributed by atoms with E-state index in [1.54, 1.807) is 16.0 Å². The van der Waals surface area contributed by atoms with E-state index < -0.39 is 0 Å². The molecule has 0 saturated heterocycles. The van der Waals surface area contributed by atoms with Crippen molar-refractivity contribution in [3.05, 3.63) is 70.5 Å². The number of fused-ring (bicyclic) bond motifs is 1. The van der Waals surface area contributed by atoms with E-state index in [-0.39, 0.29) is 5.91 Å².